The van der Waals surface area contributed by atoms with Gasteiger partial charge in [0.1, 0.15) is 18.1 Å². The number of likely N-dealkylation sites (N-methyl/N-ethyl adjacent to an activating group) is 1. The van der Waals surface area contributed by atoms with Gasteiger partial charge in [-0.05, 0) is 52.4 Å². The fraction of sp³-hybridized carbons (Fsp3) is 0.750. The summed E-state index contributed by atoms with van der Waals surface area (Å²) in [5.41, 5.74) is 0.939. The molecule has 45 heavy (non-hydrogen) atoms. The first-order valence-electron chi connectivity index (χ1n) is 16.2. The zero-order chi connectivity index (χ0) is 34.7. The molecule has 0 aromatic rings. The SMILES string of the molecule is CCC[C@H](NC(=O)[C@@H](NC(=O)CCCC(=O)O)[C@@H](C)CC)C(=O)N[C@@H](C=C(C)C)CN[C@@H](C)C(=O)N[C@H](C(=O)NCC)C(C)C. The van der Waals surface area contributed by atoms with Crippen molar-refractivity contribution in [1.29, 1.82) is 0 Å². The summed E-state index contributed by atoms with van der Waals surface area (Å²) in [4.78, 5) is 75.3. The molecule has 0 aromatic heterocycles. The third-order valence-corrected chi connectivity index (χ3v) is 7.31. The van der Waals surface area contributed by atoms with Gasteiger partial charge in [0, 0.05) is 25.9 Å². The van der Waals surface area contributed by atoms with Gasteiger partial charge in [0.25, 0.3) is 0 Å². The van der Waals surface area contributed by atoms with E-state index in [0.29, 0.717) is 25.8 Å². The van der Waals surface area contributed by atoms with Crippen molar-refractivity contribution in [3.8, 4) is 0 Å². The lowest BCUT2D eigenvalue weighted by molar-refractivity contribution is -0.137. The van der Waals surface area contributed by atoms with E-state index in [1.807, 2.05) is 61.5 Å². The van der Waals surface area contributed by atoms with Crippen molar-refractivity contribution in [3.05, 3.63) is 11.6 Å². The molecule has 0 aromatic carbocycles. The lowest BCUT2D eigenvalue weighted by Crippen LogP contribution is -2.58. The Kier molecular flexibility index (Phi) is 20.4. The molecular weight excluding hydrogens is 580 g/mol. The monoisotopic (exact) mass is 638 g/mol. The van der Waals surface area contributed by atoms with Gasteiger partial charge < -0.3 is 37.0 Å². The molecule has 0 saturated carbocycles. The molecule has 0 unspecified atom stereocenters. The summed E-state index contributed by atoms with van der Waals surface area (Å²) >= 11 is 0. The molecule has 13 heteroatoms. The summed E-state index contributed by atoms with van der Waals surface area (Å²) in [5.74, 6) is -3.25. The van der Waals surface area contributed by atoms with E-state index in [4.69, 9.17) is 5.11 Å². The van der Waals surface area contributed by atoms with Crippen LogP contribution < -0.4 is 31.9 Å². The van der Waals surface area contributed by atoms with Crippen molar-refractivity contribution in [3.63, 3.8) is 0 Å². The van der Waals surface area contributed by atoms with Crippen molar-refractivity contribution in [2.45, 2.75) is 131 Å². The molecule has 0 saturated heterocycles. The molecule has 0 rings (SSSR count). The predicted octanol–water partition coefficient (Wildman–Crippen LogP) is 1.76. The lowest BCUT2D eigenvalue weighted by atomic mass is 9.97. The number of rotatable bonds is 22. The number of nitrogens with one attached hydrogen (secondary N) is 6. The molecule has 6 atom stereocenters. The van der Waals surface area contributed by atoms with Crippen molar-refractivity contribution in [1.82, 2.24) is 31.9 Å². The maximum atomic E-state index is 13.4. The first-order valence-corrected chi connectivity index (χ1v) is 16.2. The largest absolute Gasteiger partial charge is 0.481 e. The van der Waals surface area contributed by atoms with Crippen LogP contribution in [0, 0.1) is 11.8 Å². The zero-order valence-corrected chi connectivity index (χ0v) is 28.7. The summed E-state index contributed by atoms with van der Waals surface area (Å²) in [5, 5.41) is 26.0. The number of carbonyl (C=O) groups is 6. The minimum absolute atomic E-state index is 0.0245. The van der Waals surface area contributed by atoms with Gasteiger partial charge in [-0.3, -0.25) is 28.8 Å². The van der Waals surface area contributed by atoms with Gasteiger partial charge in [-0.15, -0.1) is 0 Å². The van der Waals surface area contributed by atoms with Crippen LogP contribution in [-0.4, -0.2) is 83.9 Å². The normalized spacial score (nSPS) is 15.0. The maximum Gasteiger partial charge on any atom is 0.303 e. The average molecular weight is 639 g/mol. The first kappa shape index (κ1) is 41.5. The van der Waals surface area contributed by atoms with Crippen molar-refractivity contribution >= 4 is 35.5 Å². The zero-order valence-electron chi connectivity index (χ0n) is 28.7. The quantitative estimate of drug-likeness (QED) is 0.0872. The Morgan fingerprint density at radius 1 is 0.756 bits per heavy atom. The number of aliphatic carboxylic acids is 1. The highest BCUT2D eigenvalue weighted by Crippen LogP contribution is 2.11. The standard InChI is InChI=1S/C32H58N6O7/c1-10-14-24(36-32(45)28(21(8)11-2)37-25(39)15-13-16-26(40)41)30(43)35-23(17-19(4)5)18-34-22(9)29(42)38-27(20(6)7)31(44)33-12-3/h17,20-24,27-28,34H,10-16,18H2,1-9H3,(H,33,44)(H,35,43)(H,36,45)(H,37,39)(H,38,42)(H,40,41)/t21-,22-,23-,24-,27-,28-/m0/s1. The predicted molar refractivity (Wildman–Crippen MR) is 174 cm³/mol. The van der Waals surface area contributed by atoms with E-state index in [0.717, 1.165) is 5.57 Å². The molecule has 13 nitrogen and oxygen atoms in total. The second-order valence-corrected chi connectivity index (χ2v) is 12.1. The fourth-order valence-corrected chi connectivity index (χ4v) is 4.50. The van der Waals surface area contributed by atoms with Gasteiger partial charge in [0.2, 0.25) is 29.5 Å². The average Bonchev–Trinajstić information content (AvgIpc) is 2.95. The second-order valence-electron chi connectivity index (χ2n) is 12.1. The minimum atomic E-state index is -0.997. The highest BCUT2D eigenvalue weighted by Gasteiger charge is 2.31. The molecular formula is C32H58N6O7. The van der Waals surface area contributed by atoms with E-state index in [-0.39, 0.29) is 49.5 Å². The molecule has 7 N–H and O–H groups in total. The van der Waals surface area contributed by atoms with Gasteiger partial charge in [-0.1, -0.05) is 59.1 Å². The molecule has 0 fully saturated rings. The van der Waals surface area contributed by atoms with Crippen LogP contribution in [0.3, 0.4) is 0 Å². The summed E-state index contributed by atoms with van der Waals surface area (Å²) in [7, 11) is 0. The van der Waals surface area contributed by atoms with Crippen molar-refractivity contribution in [2.24, 2.45) is 11.8 Å². The Morgan fingerprint density at radius 3 is 1.91 bits per heavy atom. The summed E-state index contributed by atoms with van der Waals surface area (Å²) < 4.78 is 0. The summed E-state index contributed by atoms with van der Waals surface area (Å²) in [6.45, 7) is 17.2. The number of carboxylic acid groups (broad SMARTS) is 1. The Labute approximate surface area is 268 Å². The topological polar surface area (TPSA) is 195 Å². The molecule has 0 spiro atoms. The van der Waals surface area contributed by atoms with Gasteiger partial charge in [-0.25, -0.2) is 0 Å². The van der Waals surface area contributed by atoms with Crippen LogP contribution >= 0.6 is 0 Å². The van der Waals surface area contributed by atoms with Gasteiger partial charge in [0.15, 0.2) is 0 Å². The van der Waals surface area contributed by atoms with E-state index >= 15 is 0 Å². The Bertz CT molecular complexity index is 1010. The third kappa shape index (κ3) is 17.0. The summed E-state index contributed by atoms with van der Waals surface area (Å²) in [6, 6.07) is -3.59. The molecule has 0 aliphatic heterocycles. The van der Waals surface area contributed by atoms with Crippen LogP contribution in [0.15, 0.2) is 11.6 Å². The van der Waals surface area contributed by atoms with Crippen LogP contribution in [-0.2, 0) is 28.8 Å². The van der Waals surface area contributed by atoms with Gasteiger partial charge in [-0.2, -0.15) is 0 Å². The van der Waals surface area contributed by atoms with Crippen LogP contribution in [0.5, 0.6) is 0 Å². The van der Waals surface area contributed by atoms with Gasteiger partial charge in [0.05, 0.1) is 12.1 Å². The van der Waals surface area contributed by atoms with Crippen LogP contribution in [0.2, 0.25) is 0 Å². The maximum absolute atomic E-state index is 13.4. The Hall–Kier alpha value is -3.48. The van der Waals surface area contributed by atoms with E-state index in [2.05, 4.69) is 31.9 Å². The number of carbonyl (C=O) groups excluding carboxylic acids is 5. The third-order valence-electron chi connectivity index (χ3n) is 7.31. The molecule has 0 bridgehead atoms. The van der Waals surface area contributed by atoms with E-state index in [1.165, 1.54) is 0 Å². The Balaban J connectivity index is 5.55. The van der Waals surface area contributed by atoms with Crippen molar-refractivity contribution in [2.75, 3.05) is 13.1 Å². The highest BCUT2D eigenvalue weighted by atomic mass is 16.4. The molecule has 0 aliphatic rings. The highest BCUT2D eigenvalue weighted by molar-refractivity contribution is 5.92. The number of hydrogen-bond acceptors (Lipinski definition) is 7. The van der Waals surface area contributed by atoms with Crippen LogP contribution in [0.4, 0.5) is 0 Å². The van der Waals surface area contributed by atoms with Gasteiger partial charge >= 0.3 is 5.97 Å². The first-order chi connectivity index (χ1) is 21.1. The molecule has 5 amide bonds. The summed E-state index contributed by atoms with van der Waals surface area (Å²) in [6.07, 6.45) is 3.41. The van der Waals surface area contributed by atoms with E-state index < -0.39 is 53.9 Å². The van der Waals surface area contributed by atoms with Crippen LogP contribution in [0.25, 0.3) is 0 Å². The molecule has 0 aliphatic carbocycles. The van der Waals surface area contributed by atoms with Crippen LogP contribution in [0.1, 0.15) is 101 Å². The number of carboxylic acids is 1. The second kappa shape index (κ2) is 22.1. The molecule has 258 valence electrons. The number of amides is 5. The molecule has 0 radical (unpaired) electrons. The Morgan fingerprint density at radius 2 is 1.40 bits per heavy atom. The smallest absolute Gasteiger partial charge is 0.303 e. The lowest BCUT2D eigenvalue weighted by Gasteiger charge is -2.28. The minimum Gasteiger partial charge on any atom is -0.481 e. The van der Waals surface area contributed by atoms with E-state index in [1.54, 1.807) is 6.92 Å². The number of allylic oxidation sites excluding steroid dienone is 1. The fourth-order valence-electron chi connectivity index (χ4n) is 4.50. The van der Waals surface area contributed by atoms with Crippen molar-refractivity contribution < 1.29 is 33.9 Å². The molecule has 0 heterocycles. The number of hydrogen-bond donors (Lipinski definition) is 7. The van der Waals surface area contributed by atoms with E-state index in [9.17, 15) is 28.8 Å².